The molecule has 1 amide bonds. The number of aromatic nitrogens is 4. The van der Waals surface area contributed by atoms with Crippen LogP contribution in [0.3, 0.4) is 0 Å². The van der Waals surface area contributed by atoms with E-state index in [1.807, 2.05) is 24.3 Å². The summed E-state index contributed by atoms with van der Waals surface area (Å²) in [4.78, 5) is 41.4. The van der Waals surface area contributed by atoms with Crippen LogP contribution in [0.25, 0.3) is 16.7 Å². The van der Waals surface area contributed by atoms with E-state index in [2.05, 4.69) is 42.0 Å². The third-order valence-corrected chi connectivity index (χ3v) is 6.47. The molecule has 3 N–H and O–H groups in total. The Morgan fingerprint density at radius 3 is 2.54 bits per heavy atom. The number of nitrogens with one attached hydrogen (secondary N) is 2. The molecule has 1 fully saturated rings. The third-order valence-electron chi connectivity index (χ3n) is 6.47. The minimum Gasteiger partial charge on any atom is -0.395 e. The zero-order valence-corrected chi connectivity index (χ0v) is 21.0. The number of piperazine rings is 1. The SMILES string of the molecule is C=CC(=O)Nc1cc(-n2cnc(=O)c3cnc(Nc4ccc(N5CCN(CCO)CC5)cc4)nc32)ccc1F. The highest BCUT2D eigenvalue weighted by atomic mass is 19.1. The smallest absolute Gasteiger partial charge is 0.283 e. The molecule has 1 aliphatic rings. The summed E-state index contributed by atoms with van der Waals surface area (Å²) in [6.45, 7) is 7.81. The Kier molecular flexibility index (Phi) is 7.57. The third kappa shape index (κ3) is 5.76. The van der Waals surface area contributed by atoms with E-state index in [-0.39, 0.29) is 29.3 Å². The van der Waals surface area contributed by atoms with Crippen molar-refractivity contribution >= 4 is 40.0 Å². The van der Waals surface area contributed by atoms with Crippen LogP contribution >= 0.6 is 0 Å². The highest BCUT2D eigenvalue weighted by molar-refractivity contribution is 5.99. The molecule has 0 aliphatic carbocycles. The van der Waals surface area contributed by atoms with Crippen molar-refractivity contribution < 1.29 is 14.3 Å². The van der Waals surface area contributed by atoms with Crippen molar-refractivity contribution in [2.75, 3.05) is 54.9 Å². The minimum atomic E-state index is -0.625. The molecule has 4 aromatic rings. The first-order valence-corrected chi connectivity index (χ1v) is 12.4. The molecule has 2 aromatic heterocycles. The average Bonchev–Trinajstić information content (AvgIpc) is 2.95. The number of carbonyl (C=O) groups is 1. The molecule has 200 valence electrons. The number of benzene rings is 2. The van der Waals surface area contributed by atoms with E-state index in [1.54, 1.807) is 0 Å². The van der Waals surface area contributed by atoms with E-state index < -0.39 is 17.3 Å². The second kappa shape index (κ2) is 11.4. The Morgan fingerprint density at radius 1 is 1.08 bits per heavy atom. The van der Waals surface area contributed by atoms with Crippen LogP contribution in [0, 0.1) is 5.82 Å². The van der Waals surface area contributed by atoms with E-state index in [0.29, 0.717) is 12.2 Å². The lowest BCUT2D eigenvalue weighted by Crippen LogP contribution is -2.47. The molecule has 2 aromatic carbocycles. The fraction of sp³-hybridized carbons (Fsp3) is 0.222. The van der Waals surface area contributed by atoms with Gasteiger partial charge in [0.1, 0.15) is 17.5 Å². The molecule has 0 unspecified atom stereocenters. The molecule has 0 bridgehead atoms. The number of anilines is 4. The number of β-amino-alcohol motifs (C(OH)–C–C–N with tert-alkyl or cyclic N) is 1. The summed E-state index contributed by atoms with van der Waals surface area (Å²) in [5, 5.41) is 14.9. The van der Waals surface area contributed by atoms with E-state index in [4.69, 9.17) is 5.11 Å². The summed E-state index contributed by atoms with van der Waals surface area (Å²) < 4.78 is 15.8. The van der Waals surface area contributed by atoms with Crippen molar-refractivity contribution in [3.8, 4) is 5.69 Å². The van der Waals surface area contributed by atoms with Gasteiger partial charge in [0.05, 0.1) is 18.0 Å². The van der Waals surface area contributed by atoms with Gasteiger partial charge in [-0.1, -0.05) is 6.58 Å². The molecule has 0 spiro atoms. The first-order chi connectivity index (χ1) is 18.9. The lowest BCUT2D eigenvalue weighted by Gasteiger charge is -2.35. The predicted octanol–water partition coefficient (Wildman–Crippen LogP) is 2.30. The minimum absolute atomic E-state index is 0.0495. The summed E-state index contributed by atoms with van der Waals surface area (Å²) in [7, 11) is 0. The van der Waals surface area contributed by atoms with E-state index in [9.17, 15) is 14.0 Å². The predicted molar refractivity (Wildman–Crippen MR) is 147 cm³/mol. The van der Waals surface area contributed by atoms with Gasteiger partial charge in [0.2, 0.25) is 11.9 Å². The molecular weight excluding hydrogens is 503 g/mol. The second-order valence-electron chi connectivity index (χ2n) is 8.93. The number of carbonyl (C=O) groups excluding carboxylic acids is 1. The summed E-state index contributed by atoms with van der Waals surface area (Å²) >= 11 is 0. The monoisotopic (exact) mass is 530 g/mol. The Bertz CT molecular complexity index is 1570. The van der Waals surface area contributed by atoms with Gasteiger partial charge >= 0.3 is 0 Å². The number of aliphatic hydroxyl groups is 1. The Balaban J connectivity index is 1.39. The molecule has 0 radical (unpaired) electrons. The molecule has 0 atom stereocenters. The maximum atomic E-state index is 14.3. The zero-order chi connectivity index (χ0) is 27.4. The first-order valence-electron chi connectivity index (χ1n) is 12.4. The Hall–Kier alpha value is -4.68. The quantitative estimate of drug-likeness (QED) is 0.294. The number of nitrogens with zero attached hydrogens (tertiary/aromatic N) is 6. The van der Waals surface area contributed by atoms with Gasteiger partial charge in [-0.15, -0.1) is 0 Å². The highest BCUT2D eigenvalue weighted by Crippen LogP contribution is 2.24. The van der Waals surface area contributed by atoms with Gasteiger partial charge < -0.3 is 20.6 Å². The molecule has 12 heteroatoms. The van der Waals surface area contributed by atoms with Crippen LogP contribution in [-0.2, 0) is 4.79 Å². The molecule has 5 rings (SSSR count). The maximum absolute atomic E-state index is 14.3. The van der Waals surface area contributed by atoms with E-state index >= 15 is 0 Å². The van der Waals surface area contributed by atoms with Crippen LogP contribution in [0.1, 0.15) is 0 Å². The molecule has 0 saturated carbocycles. The topological polar surface area (TPSA) is 129 Å². The summed E-state index contributed by atoms with van der Waals surface area (Å²) in [5.74, 6) is -0.924. The fourth-order valence-corrected chi connectivity index (χ4v) is 4.39. The highest BCUT2D eigenvalue weighted by Gasteiger charge is 2.17. The van der Waals surface area contributed by atoms with Crippen LogP contribution < -0.4 is 21.1 Å². The largest absolute Gasteiger partial charge is 0.395 e. The molecule has 1 saturated heterocycles. The van der Waals surface area contributed by atoms with Crippen molar-refractivity contribution in [3.63, 3.8) is 0 Å². The number of amides is 1. The van der Waals surface area contributed by atoms with Crippen molar-refractivity contribution in [1.82, 2.24) is 24.4 Å². The van der Waals surface area contributed by atoms with Crippen molar-refractivity contribution in [3.05, 3.63) is 83.8 Å². The molecule has 1 aliphatic heterocycles. The normalized spacial score (nSPS) is 13.8. The van der Waals surface area contributed by atoms with Gasteiger partial charge in [-0.05, 0) is 48.5 Å². The maximum Gasteiger partial charge on any atom is 0.283 e. The number of halogens is 1. The fourth-order valence-electron chi connectivity index (χ4n) is 4.39. The molecule has 39 heavy (non-hydrogen) atoms. The van der Waals surface area contributed by atoms with E-state index in [1.165, 1.54) is 35.3 Å². The number of fused-ring (bicyclic) bond motifs is 1. The standard InChI is InChI=1S/C27H27FN8O3/c1-2-24(38)32-23-15-20(7-8-22(23)28)36-17-30-26(39)21-16-29-27(33-25(21)36)31-18-3-5-19(6-4-18)35-11-9-34(10-12-35)13-14-37/h2-8,15-17,37H,1,9-14H2,(H,32,38)(H,29,31,33). The van der Waals surface area contributed by atoms with Crippen LogP contribution in [0.2, 0.25) is 0 Å². The van der Waals surface area contributed by atoms with Gasteiger partial charge in [-0.25, -0.2) is 9.37 Å². The number of rotatable bonds is 8. The van der Waals surface area contributed by atoms with Gasteiger partial charge in [0.15, 0.2) is 5.65 Å². The summed E-state index contributed by atoms with van der Waals surface area (Å²) in [6.07, 6.45) is 3.73. The van der Waals surface area contributed by atoms with Gasteiger partial charge in [-0.2, -0.15) is 9.97 Å². The first kappa shape index (κ1) is 25.9. The Morgan fingerprint density at radius 2 is 1.82 bits per heavy atom. The lowest BCUT2D eigenvalue weighted by molar-refractivity contribution is -0.111. The van der Waals surface area contributed by atoms with Crippen LogP contribution in [-0.4, -0.2) is 74.8 Å². The second-order valence-corrected chi connectivity index (χ2v) is 8.93. The van der Waals surface area contributed by atoms with Crippen LogP contribution in [0.4, 0.5) is 27.4 Å². The van der Waals surface area contributed by atoms with Crippen molar-refractivity contribution in [1.29, 1.82) is 0 Å². The summed E-state index contributed by atoms with van der Waals surface area (Å²) in [6, 6.07) is 12.0. The number of aliphatic hydroxyl groups excluding tert-OH is 1. The number of hydrogen-bond acceptors (Lipinski definition) is 9. The van der Waals surface area contributed by atoms with E-state index in [0.717, 1.165) is 43.6 Å². The van der Waals surface area contributed by atoms with Crippen LogP contribution in [0.15, 0.2) is 72.4 Å². The van der Waals surface area contributed by atoms with Gasteiger partial charge in [0.25, 0.3) is 5.56 Å². The van der Waals surface area contributed by atoms with Crippen molar-refractivity contribution in [2.24, 2.45) is 0 Å². The van der Waals surface area contributed by atoms with Crippen molar-refractivity contribution in [2.45, 2.75) is 0 Å². The number of hydrogen-bond donors (Lipinski definition) is 3. The molecule has 3 heterocycles. The lowest BCUT2D eigenvalue weighted by atomic mass is 10.2. The molecule has 11 nitrogen and oxygen atoms in total. The molecular formula is C27H27FN8O3. The average molecular weight is 531 g/mol. The summed E-state index contributed by atoms with van der Waals surface area (Å²) in [5.41, 5.74) is 2.00. The van der Waals surface area contributed by atoms with Gasteiger partial charge in [0, 0.05) is 50.3 Å². The van der Waals surface area contributed by atoms with Gasteiger partial charge in [-0.3, -0.25) is 19.1 Å². The Labute approximate surface area is 223 Å². The zero-order valence-electron chi connectivity index (χ0n) is 21.0. The van der Waals surface area contributed by atoms with Crippen LogP contribution in [0.5, 0.6) is 0 Å².